The zero-order valence-electron chi connectivity index (χ0n) is 12.9. The Morgan fingerprint density at radius 3 is 2.82 bits per heavy atom. The second-order valence-corrected chi connectivity index (χ2v) is 5.99. The van der Waals surface area contributed by atoms with Crippen molar-refractivity contribution in [3.05, 3.63) is 40.1 Å². The number of hydrogen-bond donors (Lipinski definition) is 0. The lowest BCUT2D eigenvalue weighted by Gasteiger charge is -2.17. The SMILES string of the molecule is CCc1cc(=O)n2nc(N(CC)Cc3cnn(C)c3)sc2n1. The molecule has 8 heteroatoms. The molecule has 3 aromatic heterocycles. The minimum Gasteiger partial charge on any atom is -0.342 e. The van der Waals surface area contributed by atoms with Gasteiger partial charge in [0.15, 0.2) is 0 Å². The largest absolute Gasteiger partial charge is 0.342 e. The third-order valence-corrected chi connectivity index (χ3v) is 4.40. The summed E-state index contributed by atoms with van der Waals surface area (Å²) >= 11 is 1.44. The number of fused-ring (bicyclic) bond motifs is 1. The van der Waals surface area contributed by atoms with Gasteiger partial charge in [0.05, 0.1) is 6.20 Å². The van der Waals surface area contributed by atoms with E-state index in [0.29, 0.717) is 11.5 Å². The monoisotopic (exact) mass is 318 g/mol. The van der Waals surface area contributed by atoms with Crippen LogP contribution in [0.5, 0.6) is 0 Å². The highest BCUT2D eigenvalue weighted by Gasteiger charge is 2.14. The normalized spacial score (nSPS) is 11.2. The molecule has 0 saturated carbocycles. The van der Waals surface area contributed by atoms with Crippen LogP contribution in [0.2, 0.25) is 0 Å². The summed E-state index contributed by atoms with van der Waals surface area (Å²) in [7, 11) is 1.90. The maximum atomic E-state index is 12.1. The first-order valence-corrected chi connectivity index (χ1v) is 8.04. The number of aryl methyl sites for hydroxylation is 2. The average Bonchev–Trinajstić information content (AvgIpc) is 3.10. The van der Waals surface area contributed by atoms with Gasteiger partial charge >= 0.3 is 0 Å². The molecule has 0 spiro atoms. The van der Waals surface area contributed by atoms with Crippen LogP contribution in [0.4, 0.5) is 5.13 Å². The summed E-state index contributed by atoms with van der Waals surface area (Å²) in [5.41, 5.74) is 1.79. The predicted octanol–water partition coefficient (Wildman–Crippen LogP) is 1.47. The van der Waals surface area contributed by atoms with Crippen molar-refractivity contribution >= 4 is 21.4 Å². The second kappa shape index (κ2) is 5.88. The van der Waals surface area contributed by atoms with Gasteiger partial charge in [0.25, 0.3) is 5.56 Å². The highest BCUT2D eigenvalue weighted by molar-refractivity contribution is 7.20. The molecular weight excluding hydrogens is 300 g/mol. The first-order valence-electron chi connectivity index (χ1n) is 7.23. The van der Waals surface area contributed by atoms with Crippen LogP contribution in [0.25, 0.3) is 4.96 Å². The van der Waals surface area contributed by atoms with E-state index in [1.165, 1.54) is 15.9 Å². The molecule has 0 aromatic carbocycles. The molecule has 0 aliphatic carbocycles. The fourth-order valence-corrected chi connectivity index (χ4v) is 3.23. The smallest absolute Gasteiger partial charge is 0.275 e. The third kappa shape index (κ3) is 2.74. The van der Waals surface area contributed by atoms with Crippen molar-refractivity contribution in [2.75, 3.05) is 11.4 Å². The van der Waals surface area contributed by atoms with E-state index in [2.05, 4.69) is 27.0 Å². The molecule has 0 atom stereocenters. The zero-order valence-corrected chi connectivity index (χ0v) is 13.7. The van der Waals surface area contributed by atoms with Crippen molar-refractivity contribution in [1.29, 1.82) is 0 Å². The third-order valence-electron chi connectivity index (χ3n) is 3.43. The average molecular weight is 318 g/mol. The topological polar surface area (TPSA) is 68.3 Å². The van der Waals surface area contributed by atoms with Crippen LogP contribution in [0, 0.1) is 0 Å². The van der Waals surface area contributed by atoms with Crippen molar-refractivity contribution < 1.29 is 0 Å². The fraction of sp³-hybridized carbons (Fsp3) is 0.429. The summed E-state index contributed by atoms with van der Waals surface area (Å²) in [5, 5.41) is 9.40. The Hall–Kier alpha value is -2.22. The lowest BCUT2D eigenvalue weighted by Crippen LogP contribution is -2.22. The number of anilines is 1. The van der Waals surface area contributed by atoms with Crippen molar-refractivity contribution in [2.45, 2.75) is 26.8 Å². The Balaban J connectivity index is 1.96. The molecule has 7 nitrogen and oxygen atoms in total. The van der Waals surface area contributed by atoms with E-state index in [1.807, 2.05) is 26.4 Å². The zero-order chi connectivity index (χ0) is 15.7. The van der Waals surface area contributed by atoms with Gasteiger partial charge in [0, 0.05) is 43.7 Å². The van der Waals surface area contributed by atoms with E-state index < -0.39 is 0 Å². The van der Waals surface area contributed by atoms with Crippen LogP contribution in [0.3, 0.4) is 0 Å². The summed E-state index contributed by atoms with van der Waals surface area (Å²) in [4.78, 5) is 19.3. The highest BCUT2D eigenvalue weighted by atomic mass is 32.1. The molecule has 0 amide bonds. The molecule has 0 unspecified atom stereocenters. The van der Waals surface area contributed by atoms with Crippen molar-refractivity contribution in [3.63, 3.8) is 0 Å². The van der Waals surface area contributed by atoms with Crippen molar-refractivity contribution in [3.8, 4) is 0 Å². The summed E-state index contributed by atoms with van der Waals surface area (Å²) in [5.74, 6) is 0. The Morgan fingerprint density at radius 1 is 1.36 bits per heavy atom. The molecule has 22 heavy (non-hydrogen) atoms. The summed E-state index contributed by atoms with van der Waals surface area (Å²) in [6, 6.07) is 1.55. The van der Waals surface area contributed by atoms with Crippen LogP contribution >= 0.6 is 11.3 Å². The maximum absolute atomic E-state index is 12.1. The van der Waals surface area contributed by atoms with Gasteiger partial charge in [-0.1, -0.05) is 18.3 Å². The fourth-order valence-electron chi connectivity index (χ4n) is 2.24. The van der Waals surface area contributed by atoms with Crippen molar-refractivity contribution in [2.24, 2.45) is 7.05 Å². The molecule has 3 heterocycles. The Kier molecular flexibility index (Phi) is 3.93. The molecule has 0 saturated heterocycles. The summed E-state index contributed by atoms with van der Waals surface area (Å²) in [6.07, 6.45) is 4.57. The van der Waals surface area contributed by atoms with E-state index in [9.17, 15) is 4.79 Å². The van der Waals surface area contributed by atoms with Crippen LogP contribution in [-0.2, 0) is 20.0 Å². The number of aromatic nitrogens is 5. The van der Waals surface area contributed by atoms with E-state index in [1.54, 1.807) is 10.7 Å². The van der Waals surface area contributed by atoms with Gasteiger partial charge in [-0.3, -0.25) is 9.48 Å². The molecule has 116 valence electrons. The lowest BCUT2D eigenvalue weighted by molar-refractivity contribution is 0.763. The molecule has 0 N–H and O–H groups in total. The first kappa shape index (κ1) is 14.7. The van der Waals surface area contributed by atoms with Gasteiger partial charge < -0.3 is 4.90 Å². The Bertz CT molecular complexity index is 849. The molecule has 3 aromatic rings. The van der Waals surface area contributed by atoms with Crippen LogP contribution in [-0.4, -0.2) is 30.9 Å². The lowest BCUT2D eigenvalue weighted by atomic mass is 10.3. The van der Waals surface area contributed by atoms with Gasteiger partial charge in [0.1, 0.15) is 0 Å². The van der Waals surface area contributed by atoms with E-state index in [0.717, 1.165) is 29.4 Å². The molecule has 0 bridgehead atoms. The van der Waals surface area contributed by atoms with Gasteiger partial charge in [-0.05, 0) is 13.3 Å². The quantitative estimate of drug-likeness (QED) is 0.712. The summed E-state index contributed by atoms with van der Waals surface area (Å²) < 4.78 is 3.16. The Morgan fingerprint density at radius 2 is 2.18 bits per heavy atom. The molecule has 0 aliphatic rings. The number of hydrogen-bond acceptors (Lipinski definition) is 6. The first-order chi connectivity index (χ1) is 10.6. The maximum Gasteiger partial charge on any atom is 0.275 e. The standard InChI is InChI=1S/C14H18N6OS/c1-4-11-6-12(21)20-13(16-11)22-14(17-20)19(5-2)9-10-7-15-18(3)8-10/h6-8H,4-5,9H2,1-3H3. The van der Waals surface area contributed by atoms with E-state index in [-0.39, 0.29) is 5.56 Å². The van der Waals surface area contributed by atoms with Crippen LogP contribution in [0.1, 0.15) is 25.1 Å². The molecule has 0 fully saturated rings. The van der Waals surface area contributed by atoms with Gasteiger partial charge in [-0.25, -0.2) is 4.98 Å². The highest BCUT2D eigenvalue weighted by Crippen LogP contribution is 2.23. The number of nitrogens with zero attached hydrogens (tertiary/aromatic N) is 6. The number of rotatable bonds is 5. The molecule has 3 rings (SSSR count). The van der Waals surface area contributed by atoms with Crippen molar-refractivity contribution in [1.82, 2.24) is 24.4 Å². The van der Waals surface area contributed by atoms with E-state index >= 15 is 0 Å². The molecule has 0 aliphatic heterocycles. The van der Waals surface area contributed by atoms with Crippen LogP contribution < -0.4 is 10.5 Å². The predicted molar refractivity (Wildman–Crippen MR) is 86.4 cm³/mol. The molecule has 0 radical (unpaired) electrons. The van der Waals surface area contributed by atoms with Gasteiger partial charge in [0.2, 0.25) is 10.1 Å². The molecular formula is C14H18N6OS. The minimum atomic E-state index is -0.123. The Labute approximate surface area is 131 Å². The van der Waals surface area contributed by atoms with Gasteiger partial charge in [-0.15, -0.1) is 5.10 Å². The minimum absolute atomic E-state index is 0.123. The summed E-state index contributed by atoms with van der Waals surface area (Å²) in [6.45, 7) is 5.56. The second-order valence-electron chi connectivity index (χ2n) is 5.05. The van der Waals surface area contributed by atoms with E-state index in [4.69, 9.17) is 0 Å². The van der Waals surface area contributed by atoms with Crippen LogP contribution in [0.15, 0.2) is 23.3 Å². The van der Waals surface area contributed by atoms with Gasteiger partial charge in [-0.2, -0.15) is 9.61 Å².